The standard InChI is InChI=1S/C19H23N3OS/c1-12(17-8-13-4-5-14(17)7-13)21-18(23)9-16-11-24-19(22-16)15-3-2-6-20-10-15/h2-3,6,10-14,17H,4-5,7-9H2,1H3,(H,21,23). The molecular formula is C19H23N3OS. The molecule has 0 aliphatic heterocycles. The first-order valence-corrected chi connectivity index (χ1v) is 9.71. The number of hydrogen-bond acceptors (Lipinski definition) is 4. The fraction of sp³-hybridized carbons (Fsp3) is 0.526. The van der Waals surface area contributed by atoms with Crippen molar-refractivity contribution in [3.8, 4) is 10.6 Å². The highest BCUT2D eigenvalue weighted by Gasteiger charge is 2.42. The molecule has 1 N–H and O–H groups in total. The van der Waals surface area contributed by atoms with E-state index in [-0.39, 0.29) is 11.9 Å². The maximum Gasteiger partial charge on any atom is 0.226 e. The Morgan fingerprint density at radius 2 is 2.33 bits per heavy atom. The molecule has 4 nitrogen and oxygen atoms in total. The lowest BCUT2D eigenvalue weighted by Crippen LogP contribution is -2.40. The molecule has 2 aromatic rings. The molecule has 4 rings (SSSR count). The number of fused-ring (bicyclic) bond motifs is 2. The van der Waals surface area contributed by atoms with E-state index in [4.69, 9.17) is 0 Å². The lowest BCUT2D eigenvalue weighted by molar-refractivity contribution is -0.121. The van der Waals surface area contributed by atoms with E-state index in [0.29, 0.717) is 12.3 Å². The predicted molar refractivity (Wildman–Crippen MR) is 95.6 cm³/mol. The molecule has 0 spiro atoms. The van der Waals surface area contributed by atoms with Gasteiger partial charge in [0.15, 0.2) is 0 Å². The third kappa shape index (κ3) is 3.22. The van der Waals surface area contributed by atoms with Crippen LogP contribution in [0.1, 0.15) is 38.3 Å². The highest BCUT2D eigenvalue weighted by Crippen LogP contribution is 2.49. The molecule has 24 heavy (non-hydrogen) atoms. The molecule has 2 heterocycles. The highest BCUT2D eigenvalue weighted by atomic mass is 32.1. The Kier molecular flexibility index (Phi) is 4.35. The Labute approximate surface area is 146 Å². The number of nitrogens with one attached hydrogen (secondary N) is 1. The summed E-state index contributed by atoms with van der Waals surface area (Å²) in [4.78, 5) is 21.1. The first kappa shape index (κ1) is 15.8. The number of aromatic nitrogens is 2. The fourth-order valence-corrected chi connectivity index (χ4v) is 5.30. The number of nitrogens with zero attached hydrogens (tertiary/aromatic N) is 2. The minimum Gasteiger partial charge on any atom is -0.353 e. The summed E-state index contributed by atoms with van der Waals surface area (Å²) in [7, 11) is 0. The van der Waals surface area contributed by atoms with Crippen molar-refractivity contribution < 1.29 is 4.79 Å². The van der Waals surface area contributed by atoms with E-state index in [1.807, 2.05) is 17.5 Å². The van der Waals surface area contributed by atoms with Crippen LogP contribution in [0.5, 0.6) is 0 Å². The first-order valence-electron chi connectivity index (χ1n) is 8.83. The van der Waals surface area contributed by atoms with Crippen molar-refractivity contribution in [2.24, 2.45) is 17.8 Å². The minimum absolute atomic E-state index is 0.0910. The van der Waals surface area contributed by atoms with Crippen molar-refractivity contribution in [1.29, 1.82) is 0 Å². The van der Waals surface area contributed by atoms with Crippen LogP contribution in [0.4, 0.5) is 0 Å². The van der Waals surface area contributed by atoms with Crippen LogP contribution in [0, 0.1) is 17.8 Å². The number of amides is 1. The maximum absolute atomic E-state index is 12.4. The molecule has 1 amide bonds. The Bertz CT molecular complexity index is 714. The maximum atomic E-state index is 12.4. The lowest BCUT2D eigenvalue weighted by Gasteiger charge is -2.28. The molecule has 2 aliphatic carbocycles. The van der Waals surface area contributed by atoms with Gasteiger partial charge in [0, 0.05) is 29.4 Å². The molecular weight excluding hydrogens is 318 g/mol. The van der Waals surface area contributed by atoms with Crippen molar-refractivity contribution in [1.82, 2.24) is 15.3 Å². The number of pyridine rings is 1. The van der Waals surface area contributed by atoms with Crippen LogP contribution >= 0.6 is 11.3 Å². The van der Waals surface area contributed by atoms with Gasteiger partial charge in [-0.05, 0) is 56.1 Å². The summed E-state index contributed by atoms with van der Waals surface area (Å²) in [5.74, 6) is 2.52. The molecule has 126 valence electrons. The van der Waals surface area contributed by atoms with E-state index < -0.39 is 0 Å². The van der Waals surface area contributed by atoms with E-state index in [1.54, 1.807) is 23.7 Å². The van der Waals surface area contributed by atoms with E-state index >= 15 is 0 Å². The summed E-state index contributed by atoms with van der Waals surface area (Å²) < 4.78 is 0. The summed E-state index contributed by atoms with van der Waals surface area (Å²) in [5, 5.41) is 6.12. The Balaban J connectivity index is 1.34. The molecule has 0 saturated heterocycles. The molecule has 0 aromatic carbocycles. The Hall–Kier alpha value is -1.75. The molecule has 2 aliphatic rings. The molecule has 5 heteroatoms. The zero-order valence-electron chi connectivity index (χ0n) is 13.9. The zero-order chi connectivity index (χ0) is 16.5. The van der Waals surface area contributed by atoms with Crippen LogP contribution in [0.15, 0.2) is 29.9 Å². The number of carbonyl (C=O) groups excluding carboxylic acids is 1. The third-order valence-electron chi connectivity index (χ3n) is 5.63. The van der Waals surface area contributed by atoms with Crippen LogP contribution in [0.25, 0.3) is 10.6 Å². The number of hydrogen-bond donors (Lipinski definition) is 1. The summed E-state index contributed by atoms with van der Waals surface area (Å²) in [6, 6.07) is 4.18. The lowest BCUT2D eigenvalue weighted by atomic mass is 9.84. The van der Waals surface area contributed by atoms with Crippen LogP contribution < -0.4 is 5.32 Å². The van der Waals surface area contributed by atoms with Crippen molar-refractivity contribution in [3.05, 3.63) is 35.6 Å². The second-order valence-corrected chi connectivity index (χ2v) is 8.12. The number of carbonyl (C=O) groups is 1. The molecule has 4 unspecified atom stereocenters. The van der Waals surface area contributed by atoms with Crippen molar-refractivity contribution in [2.75, 3.05) is 0 Å². The molecule has 2 aromatic heterocycles. The van der Waals surface area contributed by atoms with Gasteiger partial charge in [0.25, 0.3) is 0 Å². The second kappa shape index (κ2) is 6.63. The average molecular weight is 341 g/mol. The summed E-state index contributed by atoms with van der Waals surface area (Å²) >= 11 is 1.57. The average Bonchev–Trinajstić information content (AvgIpc) is 3.32. The third-order valence-corrected chi connectivity index (χ3v) is 6.57. The van der Waals surface area contributed by atoms with E-state index in [0.717, 1.165) is 28.1 Å². The van der Waals surface area contributed by atoms with Gasteiger partial charge in [0.1, 0.15) is 5.01 Å². The van der Waals surface area contributed by atoms with Gasteiger partial charge in [-0.1, -0.05) is 6.42 Å². The Morgan fingerprint density at radius 3 is 3.04 bits per heavy atom. The highest BCUT2D eigenvalue weighted by molar-refractivity contribution is 7.13. The zero-order valence-corrected chi connectivity index (χ0v) is 14.8. The van der Waals surface area contributed by atoms with Crippen LogP contribution in [0.2, 0.25) is 0 Å². The normalized spacial score (nSPS) is 26.5. The van der Waals surface area contributed by atoms with Gasteiger partial charge in [-0.2, -0.15) is 0 Å². The largest absolute Gasteiger partial charge is 0.353 e. The topological polar surface area (TPSA) is 54.9 Å². The quantitative estimate of drug-likeness (QED) is 0.902. The summed E-state index contributed by atoms with van der Waals surface area (Å²) in [5.41, 5.74) is 1.85. The number of thiazole rings is 1. The van der Waals surface area contributed by atoms with Gasteiger partial charge >= 0.3 is 0 Å². The van der Waals surface area contributed by atoms with Crippen LogP contribution in [-0.4, -0.2) is 21.9 Å². The van der Waals surface area contributed by atoms with Crippen molar-refractivity contribution in [2.45, 2.75) is 45.1 Å². The van der Waals surface area contributed by atoms with Crippen LogP contribution in [-0.2, 0) is 11.2 Å². The molecule has 2 fully saturated rings. The SMILES string of the molecule is CC(NC(=O)Cc1csc(-c2cccnc2)n1)C1CC2CCC1C2. The number of rotatable bonds is 5. The first-order chi connectivity index (χ1) is 11.7. The van der Waals surface area contributed by atoms with Gasteiger partial charge < -0.3 is 5.32 Å². The van der Waals surface area contributed by atoms with Gasteiger partial charge in [-0.15, -0.1) is 11.3 Å². The molecule has 4 atom stereocenters. The molecule has 0 radical (unpaired) electrons. The molecule has 2 saturated carbocycles. The van der Waals surface area contributed by atoms with Crippen LogP contribution in [0.3, 0.4) is 0 Å². The summed E-state index contributed by atoms with van der Waals surface area (Å²) in [6.07, 6.45) is 9.36. The Morgan fingerprint density at radius 1 is 1.42 bits per heavy atom. The smallest absolute Gasteiger partial charge is 0.226 e. The van der Waals surface area contributed by atoms with Crippen molar-refractivity contribution >= 4 is 17.2 Å². The predicted octanol–water partition coefficient (Wildman–Crippen LogP) is 3.69. The van der Waals surface area contributed by atoms with Crippen molar-refractivity contribution in [3.63, 3.8) is 0 Å². The van der Waals surface area contributed by atoms with E-state index in [1.165, 1.54) is 25.7 Å². The van der Waals surface area contributed by atoms with Gasteiger partial charge in [0.05, 0.1) is 12.1 Å². The second-order valence-electron chi connectivity index (χ2n) is 7.26. The monoisotopic (exact) mass is 341 g/mol. The van der Waals surface area contributed by atoms with E-state index in [2.05, 4.69) is 22.2 Å². The fourth-order valence-electron chi connectivity index (χ4n) is 4.49. The van der Waals surface area contributed by atoms with Gasteiger partial charge in [-0.25, -0.2) is 4.98 Å². The molecule has 2 bridgehead atoms. The summed E-state index contributed by atoms with van der Waals surface area (Å²) in [6.45, 7) is 2.17. The van der Waals surface area contributed by atoms with Gasteiger partial charge in [0.2, 0.25) is 5.91 Å². The minimum atomic E-state index is 0.0910. The van der Waals surface area contributed by atoms with Gasteiger partial charge in [-0.3, -0.25) is 9.78 Å². The van der Waals surface area contributed by atoms with E-state index in [9.17, 15) is 4.79 Å².